The Balaban J connectivity index is 0.000000292. The van der Waals surface area contributed by atoms with Crippen LogP contribution in [-0.2, 0) is 4.79 Å². The summed E-state index contributed by atoms with van der Waals surface area (Å²) in [6.07, 6.45) is 11.1. The first-order valence-corrected chi connectivity index (χ1v) is 10.5. The van der Waals surface area contributed by atoms with Gasteiger partial charge in [-0.25, -0.2) is 0 Å². The first-order chi connectivity index (χ1) is 13.6. The van der Waals surface area contributed by atoms with Gasteiger partial charge in [0.2, 0.25) is 5.91 Å². The van der Waals surface area contributed by atoms with E-state index in [1.54, 1.807) is 5.57 Å². The van der Waals surface area contributed by atoms with Gasteiger partial charge in [0.05, 0.1) is 16.9 Å². The maximum absolute atomic E-state index is 11.2. The minimum Gasteiger partial charge on any atom is -0.369 e. The number of nitrogens with two attached hydrogens (primary N) is 1. The van der Waals surface area contributed by atoms with Gasteiger partial charge in [0.25, 0.3) is 0 Å². The Kier molecular flexibility index (Phi) is 9.17. The van der Waals surface area contributed by atoms with Gasteiger partial charge in [-0.3, -0.25) is 14.6 Å². The lowest BCUT2D eigenvalue weighted by Crippen LogP contribution is -2.42. The topological polar surface area (TPSA) is 73.4 Å². The monoisotopic (exact) mass is 416 g/mol. The second kappa shape index (κ2) is 10.5. The summed E-state index contributed by atoms with van der Waals surface area (Å²) in [5.74, 6) is -0.217. The van der Waals surface area contributed by atoms with Crippen molar-refractivity contribution in [1.82, 2.24) is 9.80 Å². The summed E-state index contributed by atoms with van der Waals surface area (Å²) in [7, 11) is 0. The smallest absolute Gasteiger partial charge is 0.224 e. The number of rotatable bonds is 5. The Hall–Kier alpha value is -2.03. The van der Waals surface area contributed by atoms with E-state index < -0.39 is 5.41 Å². The number of carbonyl (C=O) groups excluding carboxylic acids is 1. The molecule has 4 aliphatic rings. The summed E-state index contributed by atoms with van der Waals surface area (Å²) < 4.78 is 0. The summed E-state index contributed by atoms with van der Waals surface area (Å²) in [6, 6.07) is 2.36. The zero-order chi connectivity index (χ0) is 21.2. The molecule has 162 valence electrons. The third kappa shape index (κ3) is 6.72. The molecule has 0 aromatic heterocycles. The highest BCUT2D eigenvalue weighted by Crippen LogP contribution is 2.30. The van der Waals surface area contributed by atoms with Crippen molar-refractivity contribution in [2.75, 3.05) is 39.3 Å². The highest BCUT2D eigenvalue weighted by atomic mass is 16.1. The molecule has 2 N–H and O–H groups in total. The van der Waals surface area contributed by atoms with Crippen LogP contribution in [0.15, 0.2) is 46.6 Å². The Morgan fingerprint density at radius 3 is 1.77 bits per heavy atom. The van der Waals surface area contributed by atoms with E-state index in [0.717, 1.165) is 52.1 Å². The summed E-state index contributed by atoms with van der Waals surface area (Å²) in [4.78, 5) is 15.9. The molecule has 31 heavy (non-hydrogen) atoms. The van der Waals surface area contributed by atoms with Crippen molar-refractivity contribution in [2.45, 2.75) is 40.5 Å². The molecule has 0 spiro atoms. The molecule has 0 bridgehead atoms. The van der Waals surface area contributed by atoms with Gasteiger partial charge in [-0.2, -0.15) is 5.26 Å². The van der Waals surface area contributed by atoms with Crippen molar-refractivity contribution in [3.05, 3.63) is 46.6 Å². The van der Waals surface area contributed by atoms with Crippen LogP contribution in [0, 0.1) is 22.2 Å². The second-order valence-electron chi connectivity index (χ2n) is 10.0. The highest BCUT2D eigenvalue weighted by Gasteiger charge is 2.31. The van der Waals surface area contributed by atoms with Gasteiger partial charge in [-0.1, -0.05) is 24.3 Å². The summed E-state index contributed by atoms with van der Waals surface area (Å²) in [5.41, 5.74) is 10.7. The van der Waals surface area contributed by atoms with Crippen molar-refractivity contribution < 1.29 is 4.79 Å². The summed E-state index contributed by atoms with van der Waals surface area (Å²) in [5, 5.41) is 8.95. The van der Waals surface area contributed by atoms with Gasteiger partial charge in [0, 0.05) is 56.1 Å². The van der Waals surface area contributed by atoms with Crippen LogP contribution in [0.5, 0.6) is 0 Å². The number of amides is 1. The van der Waals surface area contributed by atoms with Crippen LogP contribution in [0.4, 0.5) is 0 Å². The largest absolute Gasteiger partial charge is 0.369 e. The Morgan fingerprint density at radius 1 is 0.935 bits per heavy atom. The quantitative estimate of drug-likeness (QED) is 0.699. The molecule has 0 unspecified atom stereocenters. The zero-order valence-electron chi connectivity index (χ0n) is 19.4. The molecule has 6 radical (unpaired) electrons. The van der Waals surface area contributed by atoms with E-state index in [9.17, 15) is 4.79 Å². The maximum Gasteiger partial charge on any atom is 0.224 e. The molecule has 0 atom stereocenters. The number of hydrogen-bond donors (Lipinski definition) is 1. The average Bonchev–Trinajstić information content (AvgIpc) is 3.35. The molecule has 0 fully saturated rings. The minimum atomic E-state index is -0.427. The van der Waals surface area contributed by atoms with Gasteiger partial charge in [-0.15, -0.1) is 0 Å². The lowest BCUT2D eigenvalue weighted by Gasteiger charge is -2.27. The third-order valence-electron chi connectivity index (χ3n) is 6.10. The van der Waals surface area contributed by atoms with E-state index >= 15 is 0 Å². The van der Waals surface area contributed by atoms with Crippen molar-refractivity contribution in [3.8, 4) is 6.07 Å². The fraction of sp³-hybridized carbons (Fsp3) is 0.583. The van der Waals surface area contributed by atoms with E-state index in [2.05, 4.69) is 40.2 Å². The van der Waals surface area contributed by atoms with E-state index in [1.807, 2.05) is 27.7 Å². The second-order valence-corrected chi connectivity index (χ2v) is 10.0. The Bertz CT molecular complexity index is 846. The van der Waals surface area contributed by atoms with E-state index in [0.29, 0.717) is 0 Å². The molecule has 7 heteroatoms. The number of nitriles is 1. The molecule has 2 aliphatic heterocycles. The van der Waals surface area contributed by atoms with Crippen LogP contribution in [0.1, 0.15) is 40.5 Å². The molecule has 0 saturated heterocycles. The molecular formula is C24H34B2N4O. The average molecular weight is 416 g/mol. The standard InChI is InChI=1S/C12H18N2O.C12H16N2.2B/c1-12(2,11(13)15)8-14-6-9-4-3-5-10(9)7-14;1-12(2,8-13)9-14-6-10-4-3-5-11(10)7-14;;/h3-4H,5-8H2,1-2H3,(H2,13,15);3-4H,5-7,9H2,1-2H3;;. The molecular weight excluding hydrogens is 382 g/mol. The van der Waals surface area contributed by atoms with Crippen LogP contribution < -0.4 is 5.73 Å². The van der Waals surface area contributed by atoms with Crippen molar-refractivity contribution in [1.29, 1.82) is 5.26 Å². The number of nitrogens with zero attached hydrogens (tertiary/aromatic N) is 3. The predicted molar refractivity (Wildman–Crippen MR) is 128 cm³/mol. The molecule has 0 aromatic carbocycles. The molecule has 5 nitrogen and oxygen atoms in total. The van der Waals surface area contributed by atoms with E-state index in [4.69, 9.17) is 11.0 Å². The van der Waals surface area contributed by atoms with Crippen LogP contribution in [0.3, 0.4) is 0 Å². The third-order valence-corrected chi connectivity index (χ3v) is 6.10. The molecule has 0 aromatic rings. The fourth-order valence-corrected chi connectivity index (χ4v) is 4.43. The van der Waals surface area contributed by atoms with Crippen LogP contribution in [-0.4, -0.2) is 71.8 Å². The number of primary amides is 1. The number of carbonyl (C=O) groups is 1. The molecule has 1 amide bonds. The van der Waals surface area contributed by atoms with Crippen molar-refractivity contribution in [3.63, 3.8) is 0 Å². The molecule has 4 rings (SSSR count). The highest BCUT2D eigenvalue weighted by molar-refractivity contribution is 5.80. The van der Waals surface area contributed by atoms with Gasteiger partial charge in [0.15, 0.2) is 0 Å². The van der Waals surface area contributed by atoms with Crippen LogP contribution in [0.2, 0.25) is 0 Å². The first-order valence-electron chi connectivity index (χ1n) is 10.5. The predicted octanol–water partition coefficient (Wildman–Crippen LogP) is 2.42. The Labute approximate surface area is 191 Å². The summed E-state index contributed by atoms with van der Waals surface area (Å²) >= 11 is 0. The van der Waals surface area contributed by atoms with Crippen molar-refractivity contribution in [2.24, 2.45) is 16.6 Å². The normalized spacial score (nSPS) is 20.0. The van der Waals surface area contributed by atoms with Gasteiger partial charge < -0.3 is 5.73 Å². The summed E-state index contributed by atoms with van der Waals surface area (Å²) in [6.45, 7) is 13.5. The first kappa shape index (κ1) is 27.0. The van der Waals surface area contributed by atoms with E-state index in [-0.39, 0.29) is 28.1 Å². The van der Waals surface area contributed by atoms with Gasteiger partial charge in [-0.05, 0) is 62.8 Å². The number of hydrogen-bond acceptors (Lipinski definition) is 4. The van der Waals surface area contributed by atoms with E-state index in [1.165, 1.54) is 16.7 Å². The zero-order valence-corrected chi connectivity index (χ0v) is 19.4. The van der Waals surface area contributed by atoms with Gasteiger partial charge >= 0.3 is 0 Å². The maximum atomic E-state index is 11.2. The molecule has 0 saturated carbocycles. The van der Waals surface area contributed by atoms with Crippen LogP contribution in [0.25, 0.3) is 0 Å². The van der Waals surface area contributed by atoms with Crippen LogP contribution >= 0.6 is 0 Å². The lowest BCUT2D eigenvalue weighted by molar-refractivity contribution is -0.126. The fourth-order valence-electron chi connectivity index (χ4n) is 4.43. The lowest BCUT2D eigenvalue weighted by atomic mass is 9.92. The molecule has 2 heterocycles. The van der Waals surface area contributed by atoms with Crippen molar-refractivity contribution >= 4 is 22.7 Å². The Morgan fingerprint density at radius 2 is 1.39 bits per heavy atom. The van der Waals surface area contributed by atoms with Gasteiger partial charge in [0.1, 0.15) is 0 Å². The molecule has 2 aliphatic carbocycles. The minimum absolute atomic E-state index is 0. The SMILES string of the molecule is CC(C)(C#N)CN1CC2=C(CC=C2)C1.CC(C)(CN1CC2=C(CC=C2)C1)C(N)=O.[B].[B]. The number of allylic oxidation sites excluding steroid dienone is 2.